The van der Waals surface area contributed by atoms with E-state index in [1.807, 2.05) is 54.3 Å². The number of amides is 3. The van der Waals surface area contributed by atoms with Crippen LogP contribution in [0.1, 0.15) is 68.7 Å². The van der Waals surface area contributed by atoms with Gasteiger partial charge in [0.1, 0.15) is 0 Å². The molecule has 2 aromatic carbocycles. The maximum absolute atomic E-state index is 16.4. The van der Waals surface area contributed by atoms with Gasteiger partial charge in [0, 0.05) is 80.1 Å². The lowest BCUT2D eigenvalue weighted by atomic mass is 9.82. The second-order valence-electron chi connectivity index (χ2n) is 14.8. The van der Waals surface area contributed by atoms with Crippen molar-refractivity contribution in [2.24, 2.45) is 5.92 Å². The van der Waals surface area contributed by atoms with Crippen molar-refractivity contribution in [3.63, 3.8) is 0 Å². The highest BCUT2D eigenvalue weighted by Gasteiger charge is 2.66. The predicted octanol–water partition coefficient (Wildman–Crippen LogP) is 5.26. The first-order chi connectivity index (χ1) is 24.0. The first-order valence-electron chi connectivity index (χ1n) is 18.0. The number of aliphatic hydroxyl groups excluding tert-OH is 1. The summed E-state index contributed by atoms with van der Waals surface area (Å²) in [6, 6.07) is 13.5. The summed E-state index contributed by atoms with van der Waals surface area (Å²) >= 11 is 0. The molecule has 3 saturated heterocycles. The number of aromatic nitrogens is 3. The van der Waals surface area contributed by atoms with Crippen LogP contribution in [0, 0.1) is 5.92 Å². The topological polar surface area (TPSA) is 121 Å². The van der Waals surface area contributed by atoms with Crippen LogP contribution in [0.2, 0.25) is 18.6 Å². The Hall–Kier alpha value is -3.94. The van der Waals surface area contributed by atoms with E-state index >= 15 is 4.11 Å². The number of carbonyl (C=O) groups is 3. The summed E-state index contributed by atoms with van der Waals surface area (Å²) < 4.78 is 25.1. The summed E-state index contributed by atoms with van der Waals surface area (Å²) in [6.45, 7) is 7.30. The van der Waals surface area contributed by atoms with Crippen molar-refractivity contribution in [1.82, 2.24) is 15.0 Å². The zero-order valence-corrected chi connectivity index (χ0v) is 30.2. The van der Waals surface area contributed by atoms with Gasteiger partial charge in [-0.15, -0.1) is 5.10 Å². The lowest BCUT2D eigenvalue weighted by Crippen LogP contribution is -2.45. The quantitative estimate of drug-likeness (QED) is 0.226. The molecule has 4 atom stereocenters. The van der Waals surface area contributed by atoms with E-state index in [-0.39, 0.29) is 30.9 Å². The number of piperidine rings is 2. The zero-order chi connectivity index (χ0) is 35.2. The minimum Gasteiger partial charge on any atom is -0.396 e. The lowest BCUT2D eigenvalue weighted by molar-refractivity contribution is -0.146. The Bertz CT molecular complexity index is 1760. The van der Waals surface area contributed by atoms with Gasteiger partial charge in [0.05, 0.1) is 24.0 Å². The number of ether oxygens (including phenoxy) is 1. The Balaban J connectivity index is 1.24. The molecule has 11 nitrogen and oxygen atoms in total. The highest BCUT2D eigenvalue weighted by Crippen LogP contribution is 2.60. The average molecular weight is 703 g/mol. The monoisotopic (exact) mass is 702 g/mol. The fourth-order valence-electron chi connectivity index (χ4n) is 8.69. The van der Waals surface area contributed by atoms with Gasteiger partial charge in [0.25, 0.3) is 5.91 Å². The van der Waals surface area contributed by atoms with Crippen LogP contribution < -0.4 is 14.7 Å². The van der Waals surface area contributed by atoms with Crippen molar-refractivity contribution in [3.05, 3.63) is 65.5 Å². The fraction of sp³-hybridized carbons (Fsp3) is 0.541. The SMILES string of the molecule is C[C@@H]1[C@@H]([Si](C)(C)F)[C@H](CCn2cc(CCO)nn2)O[C@@]12C(=O)N(Cc1ccc(N3CCCCC3=O)cc1)c1ccc(N3CCCCC3=O)cc12. The lowest BCUT2D eigenvalue weighted by Gasteiger charge is -2.32. The molecule has 1 N–H and O–H groups in total. The predicted molar refractivity (Wildman–Crippen MR) is 190 cm³/mol. The Labute approximate surface area is 293 Å². The van der Waals surface area contributed by atoms with Gasteiger partial charge in [0.2, 0.25) is 20.2 Å². The zero-order valence-electron chi connectivity index (χ0n) is 29.2. The number of rotatable bonds is 10. The Morgan fingerprint density at radius 3 is 2.26 bits per heavy atom. The molecule has 266 valence electrons. The number of aryl methyl sites for hydroxylation is 1. The molecule has 3 fully saturated rings. The van der Waals surface area contributed by atoms with Crippen molar-refractivity contribution < 1.29 is 28.3 Å². The highest BCUT2D eigenvalue weighted by atomic mass is 28.4. The minimum absolute atomic E-state index is 0.0283. The Morgan fingerprint density at radius 2 is 1.62 bits per heavy atom. The van der Waals surface area contributed by atoms with Crippen LogP contribution in [0.25, 0.3) is 0 Å². The second kappa shape index (κ2) is 13.6. The molecule has 50 heavy (non-hydrogen) atoms. The van der Waals surface area contributed by atoms with E-state index in [1.165, 1.54) is 0 Å². The number of aliphatic hydroxyl groups is 1. The molecular formula is C37H47FN6O5Si. The number of fused-ring (bicyclic) bond motifs is 2. The van der Waals surface area contributed by atoms with Crippen LogP contribution in [-0.4, -0.2) is 72.0 Å². The van der Waals surface area contributed by atoms with Crippen molar-refractivity contribution in [2.75, 3.05) is 34.4 Å². The van der Waals surface area contributed by atoms with Gasteiger partial charge in [-0.1, -0.05) is 24.3 Å². The van der Waals surface area contributed by atoms with Crippen molar-refractivity contribution in [1.29, 1.82) is 0 Å². The number of halogens is 1. The minimum atomic E-state index is -3.39. The standard InChI is InChI=1S/C37H47FN6O5Si/c1-25-35(50(2,3)38)32(16-20-41-24-27(17-21-45)39-40-41)49-37(25)30-22-29(43-19-7-5-9-34(43)47)14-15-31(30)44(36(37)48)23-26-10-12-28(13-11-26)42-18-6-4-8-33(42)46/h10-15,22,24-25,32,35,45H,4-9,16-21,23H2,1-3H3/t25-,32+,35-,37+/m1/s1. The van der Waals surface area contributed by atoms with Gasteiger partial charge in [-0.25, -0.2) is 0 Å². The van der Waals surface area contributed by atoms with Gasteiger partial charge in [0.15, 0.2) is 5.60 Å². The van der Waals surface area contributed by atoms with Gasteiger partial charge < -0.3 is 28.7 Å². The van der Waals surface area contributed by atoms with E-state index in [0.717, 1.165) is 42.6 Å². The van der Waals surface area contributed by atoms with E-state index in [9.17, 15) is 19.5 Å². The molecule has 3 amide bonds. The maximum atomic E-state index is 16.4. The number of anilines is 3. The van der Waals surface area contributed by atoms with Crippen LogP contribution in [0.5, 0.6) is 0 Å². The largest absolute Gasteiger partial charge is 0.396 e. The van der Waals surface area contributed by atoms with Crippen molar-refractivity contribution >= 4 is 43.2 Å². The summed E-state index contributed by atoms with van der Waals surface area (Å²) in [5.41, 5.74) is 2.61. The van der Waals surface area contributed by atoms with Crippen LogP contribution in [-0.2, 0) is 44.2 Å². The first-order valence-corrected chi connectivity index (χ1v) is 21.0. The van der Waals surface area contributed by atoms with Crippen LogP contribution in [0.15, 0.2) is 48.7 Å². The van der Waals surface area contributed by atoms with E-state index < -0.39 is 31.6 Å². The van der Waals surface area contributed by atoms with Gasteiger partial charge >= 0.3 is 0 Å². The third-order valence-corrected chi connectivity index (χ3v) is 13.5. The number of hydrogen-bond acceptors (Lipinski definition) is 7. The molecule has 0 bridgehead atoms. The molecule has 0 aliphatic carbocycles. The summed E-state index contributed by atoms with van der Waals surface area (Å²) in [7, 11) is -3.39. The molecule has 0 radical (unpaired) electrons. The van der Waals surface area contributed by atoms with Crippen LogP contribution in [0.4, 0.5) is 21.2 Å². The first kappa shape index (κ1) is 34.5. The third kappa shape index (κ3) is 6.17. The number of nitrogens with zero attached hydrogens (tertiary/aromatic N) is 6. The molecular weight excluding hydrogens is 656 g/mol. The molecule has 4 aliphatic rings. The summed E-state index contributed by atoms with van der Waals surface area (Å²) in [4.78, 5) is 45.9. The molecule has 13 heteroatoms. The molecule has 7 rings (SSSR count). The normalized spacial score (nSPS) is 25.7. The molecule has 1 spiro atoms. The number of carbonyl (C=O) groups excluding carboxylic acids is 3. The van der Waals surface area contributed by atoms with Gasteiger partial charge in [-0.2, -0.15) is 0 Å². The molecule has 0 unspecified atom stereocenters. The fourth-order valence-corrected chi connectivity index (χ4v) is 11.2. The van der Waals surface area contributed by atoms with Gasteiger partial charge in [-0.05, 0) is 81.1 Å². The molecule has 1 aromatic heterocycles. The second-order valence-corrected chi connectivity index (χ2v) is 18.6. The number of benzene rings is 2. The summed E-state index contributed by atoms with van der Waals surface area (Å²) in [5.74, 6) is -0.520. The highest BCUT2D eigenvalue weighted by molar-refractivity contribution is 6.72. The molecule has 5 heterocycles. The smallest absolute Gasteiger partial charge is 0.264 e. The van der Waals surface area contributed by atoms with E-state index in [0.29, 0.717) is 62.3 Å². The molecule has 4 aliphatic heterocycles. The van der Waals surface area contributed by atoms with E-state index in [4.69, 9.17) is 4.74 Å². The van der Waals surface area contributed by atoms with Gasteiger partial charge in [-0.3, -0.25) is 19.1 Å². The average Bonchev–Trinajstić information content (AvgIpc) is 3.74. The van der Waals surface area contributed by atoms with Crippen molar-refractivity contribution in [3.8, 4) is 0 Å². The number of hydrogen-bond donors (Lipinski definition) is 1. The Kier molecular flexibility index (Phi) is 9.42. The summed E-state index contributed by atoms with van der Waals surface area (Å²) in [5, 5.41) is 17.6. The molecule has 3 aromatic rings. The van der Waals surface area contributed by atoms with Crippen LogP contribution in [0.3, 0.4) is 0 Å². The maximum Gasteiger partial charge on any atom is 0.264 e. The summed E-state index contributed by atoms with van der Waals surface area (Å²) in [6.07, 6.45) is 6.73. The van der Waals surface area contributed by atoms with E-state index in [2.05, 4.69) is 10.3 Å². The third-order valence-electron chi connectivity index (χ3n) is 11.1. The Morgan fingerprint density at radius 1 is 0.960 bits per heavy atom. The van der Waals surface area contributed by atoms with Crippen LogP contribution >= 0.6 is 0 Å². The van der Waals surface area contributed by atoms with E-state index in [1.54, 1.807) is 33.8 Å². The van der Waals surface area contributed by atoms with Crippen molar-refractivity contribution in [2.45, 2.75) is 102 Å². The molecule has 0 saturated carbocycles.